The van der Waals surface area contributed by atoms with Gasteiger partial charge in [0.25, 0.3) is 0 Å². The number of ether oxygens (including phenoxy) is 1. The third-order valence-corrected chi connectivity index (χ3v) is 3.00. The Balaban J connectivity index is 2.95. The fraction of sp³-hybridized carbons (Fsp3) is 0.615. The minimum absolute atomic E-state index is 0.444. The Kier molecular flexibility index (Phi) is 5.22. The van der Waals surface area contributed by atoms with Crippen molar-refractivity contribution in [3.05, 3.63) is 17.8 Å². The smallest absolute Gasteiger partial charge is 0.131 e. The Morgan fingerprint density at radius 2 is 2.24 bits per heavy atom. The number of nitrogens with zero attached hydrogens (tertiary/aromatic N) is 2. The van der Waals surface area contributed by atoms with Crippen LogP contribution in [0.15, 0.2) is 12.3 Å². The van der Waals surface area contributed by atoms with Crippen LogP contribution >= 0.6 is 0 Å². The van der Waals surface area contributed by atoms with E-state index < -0.39 is 0 Å². The molecule has 0 aromatic carbocycles. The van der Waals surface area contributed by atoms with Crippen LogP contribution < -0.4 is 10.6 Å². The van der Waals surface area contributed by atoms with Crippen molar-refractivity contribution in [2.24, 2.45) is 0 Å². The molecule has 1 rings (SSSR count). The lowest BCUT2D eigenvalue weighted by molar-refractivity contribution is 0.203. The molecule has 96 valence electrons. The van der Waals surface area contributed by atoms with E-state index in [9.17, 15) is 0 Å². The van der Waals surface area contributed by atoms with E-state index in [0.717, 1.165) is 24.3 Å². The predicted molar refractivity (Wildman–Crippen MR) is 72.4 cm³/mol. The molecule has 17 heavy (non-hydrogen) atoms. The molecular weight excluding hydrogens is 214 g/mol. The first-order chi connectivity index (χ1) is 8.10. The van der Waals surface area contributed by atoms with Crippen molar-refractivity contribution in [1.29, 1.82) is 0 Å². The van der Waals surface area contributed by atoms with Gasteiger partial charge < -0.3 is 15.4 Å². The van der Waals surface area contributed by atoms with Gasteiger partial charge in [-0.3, -0.25) is 0 Å². The Morgan fingerprint density at radius 3 is 2.76 bits per heavy atom. The van der Waals surface area contributed by atoms with Crippen LogP contribution in [0.4, 0.5) is 11.5 Å². The highest BCUT2D eigenvalue weighted by Crippen LogP contribution is 2.21. The zero-order valence-corrected chi connectivity index (χ0v) is 11.2. The summed E-state index contributed by atoms with van der Waals surface area (Å²) >= 11 is 0. The summed E-state index contributed by atoms with van der Waals surface area (Å²) in [6.07, 6.45) is 2.79. The highest BCUT2D eigenvalue weighted by molar-refractivity contribution is 5.53. The monoisotopic (exact) mass is 237 g/mol. The SMILES string of the molecule is CCC(C)N(CCOC)c1ncc(N)cc1C. The van der Waals surface area contributed by atoms with Crippen LogP contribution in [0, 0.1) is 6.92 Å². The number of aryl methyl sites for hydroxylation is 1. The van der Waals surface area contributed by atoms with Crippen molar-refractivity contribution in [2.45, 2.75) is 33.2 Å². The van der Waals surface area contributed by atoms with Crippen molar-refractivity contribution in [1.82, 2.24) is 4.98 Å². The summed E-state index contributed by atoms with van der Waals surface area (Å²) in [5, 5.41) is 0. The van der Waals surface area contributed by atoms with Crippen LogP contribution in [0.25, 0.3) is 0 Å². The number of hydrogen-bond acceptors (Lipinski definition) is 4. The van der Waals surface area contributed by atoms with Crippen molar-refractivity contribution >= 4 is 11.5 Å². The molecule has 1 unspecified atom stereocenters. The topological polar surface area (TPSA) is 51.4 Å². The van der Waals surface area contributed by atoms with Crippen LogP contribution in [-0.4, -0.2) is 31.3 Å². The molecule has 0 aliphatic rings. The van der Waals surface area contributed by atoms with Crippen molar-refractivity contribution in [3.8, 4) is 0 Å². The Bertz CT molecular complexity index is 355. The van der Waals surface area contributed by atoms with Crippen molar-refractivity contribution in [3.63, 3.8) is 0 Å². The first-order valence-electron chi connectivity index (χ1n) is 6.07. The van der Waals surface area contributed by atoms with Crippen LogP contribution in [0.2, 0.25) is 0 Å². The summed E-state index contributed by atoms with van der Waals surface area (Å²) < 4.78 is 5.16. The predicted octanol–water partition coefficient (Wildman–Crippen LogP) is 2.22. The van der Waals surface area contributed by atoms with E-state index in [-0.39, 0.29) is 0 Å². The fourth-order valence-electron chi connectivity index (χ4n) is 1.84. The summed E-state index contributed by atoms with van der Waals surface area (Å²) in [4.78, 5) is 6.72. The molecule has 0 spiro atoms. The molecule has 0 radical (unpaired) electrons. The summed E-state index contributed by atoms with van der Waals surface area (Å²) in [5.41, 5.74) is 7.55. The van der Waals surface area contributed by atoms with Crippen LogP contribution in [-0.2, 0) is 4.74 Å². The first kappa shape index (κ1) is 13.8. The van der Waals surface area contributed by atoms with Gasteiger partial charge in [0.1, 0.15) is 5.82 Å². The number of nitrogens with two attached hydrogens (primary N) is 1. The van der Waals surface area contributed by atoms with Crippen LogP contribution in [0.5, 0.6) is 0 Å². The largest absolute Gasteiger partial charge is 0.397 e. The molecule has 0 aliphatic carbocycles. The number of hydrogen-bond donors (Lipinski definition) is 1. The summed E-state index contributed by atoms with van der Waals surface area (Å²) in [6, 6.07) is 2.41. The van der Waals surface area contributed by atoms with Gasteiger partial charge in [0.15, 0.2) is 0 Å². The molecule has 4 nitrogen and oxygen atoms in total. The molecule has 1 aromatic heterocycles. The van der Waals surface area contributed by atoms with Gasteiger partial charge in [-0.25, -0.2) is 4.98 Å². The summed E-state index contributed by atoms with van der Waals surface area (Å²) in [6.45, 7) is 7.98. The highest BCUT2D eigenvalue weighted by Gasteiger charge is 2.16. The van der Waals surface area contributed by atoms with Crippen LogP contribution in [0.3, 0.4) is 0 Å². The number of nitrogen functional groups attached to an aromatic ring is 1. The third kappa shape index (κ3) is 3.60. The molecular formula is C13H23N3O. The lowest BCUT2D eigenvalue weighted by Gasteiger charge is -2.30. The van der Waals surface area contributed by atoms with E-state index in [4.69, 9.17) is 10.5 Å². The maximum Gasteiger partial charge on any atom is 0.131 e. The van der Waals surface area contributed by atoms with Gasteiger partial charge >= 0.3 is 0 Å². The van der Waals surface area contributed by atoms with Gasteiger partial charge in [0.2, 0.25) is 0 Å². The average Bonchev–Trinajstić information content (AvgIpc) is 2.31. The maximum atomic E-state index is 5.73. The Hall–Kier alpha value is -1.29. The van der Waals surface area contributed by atoms with Gasteiger partial charge in [0, 0.05) is 19.7 Å². The summed E-state index contributed by atoms with van der Waals surface area (Å²) in [5.74, 6) is 1.01. The molecule has 1 aromatic rings. The quantitative estimate of drug-likeness (QED) is 0.824. The molecule has 0 saturated heterocycles. The average molecular weight is 237 g/mol. The lowest BCUT2D eigenvalue weighted by atomic mass is 10.2. The molecule has 1 atom stereocenters. The van der Waals surface area contributed by atoms with Crippen molar-refractivity contribution in [2.75, 3.05) is 30.9 Å². The molecule has 4 heteroatoms. The van der Waals surface area contributed by atoms with Gasteiger partial charge in [-0.2, -0.15) is 0 Å². The highest BCUT2D eigenvalue weighted by atomic mass is 16.5. The minimum Gasteiger partial charge on any atom is -0.397 e. The maximum absolute atomic E-state index is 5.73. The molecule has 2 N–H and O–H groups in total. The number of pyridine rings is 1. The Morgan fingerprint density at radius 1 is 1.53 bits per heavy atom. The number of anilines is 2. The van der Waals surface area contributed by atoms with E-state index in [1.165, 1.54) is 0 Å². The molecule has 0 amide bonds. The molecule has 0 aliphatic heterocycles. The van der Waals surface area contributed by atoms with E-state index in [2.05, 4.69) is 23.7 Å². The number of aromatic nitrogens is 1. The van der Waals surface area contributed by atoms with Gasteiger partial charge in [0.05, 0.1) is 18.5 Å². The fourth-order valence-corrected chi connectivity index (χ4v) is 1.84. The van der Waals surface area contributed by atoms with Gasteiger partial charge in [-0.05, 0) is 31.9 Å². The second kappa shape index (κ2) is 6.45. The first-order valence-corrected chi connectivity index (χ1v) is 6.07. The zero-order chi connectivity index (χ0) is 12.8. The Labute approximate surface area is 104 Å². The third-order valence-electron chi connectivity index (χ3n) is 3.00. The van der Waals surface area contributed by atoms with Gasteiger partial charge in [-0.1, -0.05) is 6.92 Å². The molecule has 1 heterocycles. The molecule has 0 saturated carbocycles. The van der Waals surface area contributed by atoms with E-state index in [1.807, 2.05) is 13.0 Å². The van der Waals surface area contributed by atoms with Crippen LogP contribution in [0.1, 0.15) is 25.8 Å². The van der Waals surface area contributed by atoms with E-state index >= 15 is 0 Å². The minimum atomic E-state index is 0.444. The number of rotatable bonds is 6. The second-order valence-corrected chi connectivity index (χ2v) is 4.35. The zero-order valence-electron chi connectivity index (χ0n) is 11.2. The van der Waals surface area contributed by atoms with Crippen molar-refractivity contribution < 1.29 is 4.74 Å². The van der Waals surface area contributed by atoms with Gasteiger partial charge in [-0.15, -0.1) is 0 Å². The standard InChI is InChI=1S/C13H23N3O/c1-5-11(3)16(6-7-17-4)13-10(2)8-12(14)9-15-13/h8-9,11H,5-7,14H2,1-4H3. The lowest BCUT2D eigenvalue weighted by Crippen LogP contribution is -2.36. The number of methoxy groups -OCH3 is 1. The molecule has 0 bridgehead atoms. The normalized spacial score (nSPS) is 12.5. The van der Waals surface area contributed by atoms with E-state index in [1.54, 1.807) is 13.3 Å². The molecule has 0 fully saturated rings. The second-order valence-electron chi connectivity index (χ2n) is 4.35. The van der Waals surface area contributed by atoms with E-state index in [0.29, 0.717) is 18.3 Å². The summed E-state index contributed by atoms with van der Waals surface area (Å²) in [7, 11) is 1.72.